The molecule has 2 aromatic rings. The number of nitrogens with one attached hydrogen (secondary N) is 2. The van der Waals surface area contributed by atoms with Crippen LogP contribution >= 0.6 is 11.3 Å². The molecule has 98 valence electrons. The van der Waals surface area contributed by atoms with Gasteiger partial charge in [0.1, 0.15) is 0 Å². The highest BCUT2D eigenvalue weighted by molar-refractivity contribution is 7.19. The molecule has 3 heteroatoms. The van der Waals surface area contributed by atoms with Crippen LogP contribution in [-0.2, 0) is 6.54 Å². The van der Waals surface area contributed by atoms with Crippen molar-refractivity contribution in [2.45, 2.75) is 32.9 Å². The maximum absolute atomic E-state index is 3.51. The molecule has 0 unspecified atom stereocenters. The van der Waals surface area contributed by atoms with Crippen LogP contribution in [0.4, 0.5) is 0 Å². The van der Waals surface area contributed by atoms with Crippen molar-refractivity contribution in [3.8, 4) is 0 Å². The first-order valence-electron chi connectivity index (χ1n) is 6.67. The molecule has 0 radical (unpaired) electrons. The van der Waals surface area contributed by atoms with E-state index in [1.54, 1.807) is 0 Å². The molecule has 0 amide bonds. The summed E-state index contributed by atoms with van der Waals surface area (Å²) in [5.74, 6) is 0. The van der Waals surface area contributed by atoms with Crippen molar-refractivity contribution in [1.82, 2.24) is 10.6 Å². The van der Waals surface area contributed by atoms with E-state index in [0.717, 1.165) is 19.6 Å². The van der Waals surface area contributed by atoms with Crippen molar-refractivity contribution in [2.75, 3.05) is 13.1 Å². The second-order valence-corrected chi connectivity index (χ2v) is 6.06. The van der Waals surface area contributed by atoms with E-state index in [0.29, 0.717) is 6.04 Å². The van der Waals surface area contributed by atoms with E-state index in [-0.39, 0.29) is 0 Å². The van der Waals surface area contributed by atoms with Gasteiger partial charge >= 0.3 is 0 Å². The van der Waals surface area contributed by atoms with Crippen molar-refractivity contribution < 1.29 is 0 Å². The lowest BCUT2D eigenvalue weighted by molar-refractivity contribution is 0.548. The lowest BCUT2D eigenvalue weighted by Crippen LogP contribution is -2.26. The standard InChI is InChI=1S/C15H22N2S/c1-12(2)17-9-5-8-16-11-14-10-13-6-3-4-7-15(13)18-14/h3-4,6-7,10,12,16-17H,5,8-9,11H2,1-2H3. The molecule has 18 heavy (non-hydrogen) atoms. The number of hydrogen-bond acceptors (Lipinski definition) is 3. The number of hydrogen-bond donors (Lipinski definition) is 2. The van der Waals surface area contributed by atoms with Crippen LogP contribution in [0.1, 0.15) is 25.1 Å². The first-order valence-corrected chi connectivity index (χ1v) is 7.49. The summed E-state index contributed by atoms with van der Waals surface area (Å²) in [5.41, 5.74) is 0. The minimum absolute atomic E-state index is 0.590. The summed E-state index contributed by atoms with van der Waals surface area (Å²) < 4.78 is 1.38. The summed E-state index contributed by atoms with van der Waals surface area (Å²) in [6.07, 6.45) is 1.18. The fraction of sp³-hybridized carbons (Fsp3) is 0.467. The largest absolute Gasteiger partial charge is 0.314 e. The molecular weight excluding hydrogens is 240 g/mol. The van der Waals surface area contributed by atoms with Gasteiger partial charge in [-0.25, -0.2) is 0 Å². The fourth-order valence-corrected chi connectivity index (χ4v) is 2.97. The third-order valence-electron chi connectivity index (χ3n) is 2.86. The van der Waals surface area contributed by atoms with E-state index in [1.165, 1.54) is 21.4 Å². The zero-order valence-corrected chi connectivity index (χ0v) is 12.0. The van der Waals surface area contributed by atoms with Crippen LogP contribution in [0.2, 0.25) is 0 Å². The van der Waals surface area contributed by atoms with Gasteiger partial charge in [-0.3, -0.25) is 0 Å². The highest BCUT2D eigenvalue weighted by atomic mass is 32.1. The quantitative estimate of drug-likeness (QED) is 0.748. The lowest BCUT2D eigenvalue weighted by atomic mass is 10.2. The summed E-state index contributed by atoms with van der Waals surface area (Å²) in [4.78, 5) is 1.42. The smallest absolute Gasteiger partial charge is 0.0346 e. The van der Waals surface area contributed by atoms with Gasteiger partial charge in [-0.05, 0) is 37.0 Å². The number of benzene rings is 1. The molecule has 0 aliphatic carbocycles. The molecule has 0 aliphatic rings. The van der Waals surface area contributed by atoms with Gasteiger partial charge in [0.25, 0.3) is 0 Å². The van der Waals surface area contributed by atoms with Gasteiger partial charge in [0.05, 0.1) is 0 Å². The number of rotatable bonds is 7. The van der Waals surface area contributed by atoms with Crippen molar-refractivity contribution >= 4 is 21.4 Å². The minimum Gasteiger partial charge on any atom is -0.314 e. The molecule has 2 rings (SSSR count). The Morgan fingerprint density at radius 2 is 2.00 bits per heavy atom. The molecule has 0 fully saturated rings. The molecule has 2 nitrogen and oxygen atoms in total. The molecule has 0 atom stereocenters. The maximum Gasteiger partial charge on any atom is 0.0346 e. The van der Waals surface area contributed by atoms with E-state index < -0.39 is 0 Å². The fourth-order valence-electron chi connectivity index (χ4n) is 1.94. The number of thiophene rings is 1. The molecule has 0 saturated carbocycles. The van der Waals surface area contributed by atoms with Crippen molar-refractivity contribution in [2.24, 2.45) is 0 Å². The second kappa shape index (κ2) is 6.88. The zero-order valence-electron chi connectivity index (χ0n) is 11.2. The van der Waals surface area contributed by atoms with E-state index in [4.69, 9.17) is 0 Å². The van der Waals surface area contributed by atoms with Crippen molar-refractivity contribution in [1.29, 1.82) is 0 Å². The molecule has 0 saturated heterocycles. The first kappa shape index (κ1) is 13.5. The Balaban J connectivity index is 1.70. The molecule has 0 spiro atoms. The molecule has 1 aromatic carbocycles. The predicted octanol–water partition coefficient (Wildman–Crippen LogP) is 3.38. The van der Waals surface area contributed by atoms with E-state index in [2.05, 4.69) is 54.8 Å². The van der Waals surface area contributed by atoms with Gasteiger partial charge in [0.15, 0.2) is 0 Å². The second-order valence-electron chi connectivity index (χ2n) is 4.89. The Hall–Kier alpha value is -0.900. The average molecular weight is 262 g/mol. The maximum atomic E-state index is 3.51. The van der Waals surface area contributed by atoms with Crippen LogP contribution in [0.3, 0.4) is 0 Å². The number of fused-ring (bicyclic) bond motifs is 1. The summed E-state index contributed by atoms with van der Waals surface area (Å²) >= 11 is 1.89. The van der Waals surface area contributed by atoms with Crippen molar-refractivity contribution in [3.63, 3.8) is 0 Å². The molecule has 1 aromatic heterocycles. The zero-order chi connectivity index (χ0) is 12.8. The molecule has 0 bridgehead atoms. The van der Waals surface area contributed by atoms with E-state index >= 15 is 0 Å². The highest BCUT2D eigenvalue weighted by Gasteiger charge is 2.00. The van der Waals surface area contributed by atoms with Gasteiger partial charge in [0, 0.05) is 22.2 Å². The van der Waals surface area contributed by atoms with E-state index in [1.807, 2.05) is 11.3 Å². The van der Waals surface area contributed by atoms with Gasteiger partial charge in [-0.1, -0.05) is 32.0 Å². The SMILES string of the molecule is CC(C)NCCCNCc1cc2ccccc2s1. The summed E-state index contributed by atoms with van der Waals surface area (Å²) in [7, 11) is 0. The minimum atomic E-state index is 0.590. The Bertz CT molecular complexity index is 443. The normalized spacial score (nSPS) is 11.5. The Kier molecular flexibility index (Phi) is 5.17. The van der Waals surface area contributed by atoms with Crippen LogP contribution in [0.25, 0.3) is 10.1 Å². The predicted molar refractivity (Wildman–Crippen MR) is 81.3 cm³/mol. The molecule has 1 heterocycles. The Labute approximate surface area is 113 Å². The third-order valence-corrected chi connectivity index (χ3v) is 3.97. The van der Waals surface area contributed by atoms with Crippen LogP contribution in [0.15, 0.2) is 30.3 Å². The first-order chi connectivity index (χ1) is 8.75. The summed E-state index contributed by atoms with van der Waals surface area (Å²) in [6, 6.07) is 11.5. The van der Waals surface area contributed by atoms with Gasteiger partial charge in [-0.2, -0.15) is 0 Å². The third kappa shape index (κ3) is 4.09. The molecule has 0 aliphatic heterocycles. The van der Waals surface area contributed by atoms with E-state index in [9.17, 15) is 0 Å². The van der Waals surface area contributed by atoms with Crippen molar-refractivity contribution in [3.05, 3.63) is 35.2 Å². The lowest BCUT2D eigenvalue weighted by Gasteiger charge is -2.07. The van der Waals surface area contributed by atoms with Crippen LogP contribution in [0, 0.1) is 0 Å². The van der Waals surface area contributed by atoms with Crippen LogP contribution in [0.5, 0.6) is 0 Å². The Morgan fingerprint density at radius 3 is 2.78 bits per heavy atom. The summed E-state index contributed by atoms with van der Waals surface area (Å²) in [6.45, 7) is 7.53. The van der Waals surface area contributed by atoms with Gasteiger partial charge in [0.2, 0.25) is 0 Å². The van der Waals surface area contributed by atoms with Crippen LogP contribution in [-0.4, -0.2) is 19.1 Å². The highest BCUT2D eigenvalue weighted by Crippen LogP contribution is 2.24. The van der Waals surface area contributed by atoms with Gasteiger partial charge < -0.3 is 10.6 Å². The molecule has 2 N–H and O–H groups in total. The van der Waals surface area contributed by atoms with Gasteiger partial charge in [-0.15, -0.1) is 11.3 Å². The summed E-state index contributed by atoms with van der Waals surface area (Å²) in [5, 5.41) is 8.30. The van der Waals surface area contributed by atoms with Crippen LogP contribution < -0.4 is 10.6 Å². The average Bonchev–Trinajstić information content (AvgIpc) is 2.75. The molecular formula is C15H22N2S. The monoisotopic (exact) mass is 262 g/mol. The topological polar surface area (TPSA) is 24.1 Å². The Morgan fingerprint density at radius 1 is 1.17 bits per heavy atom.